The van der Waals surface area contributed by atoms with Gasteiger partial charge in [0.25, 0.3) is 0 Å². The summed E-state index contributed by atoms with van der Waals surface area (Å²) >= 11 is 7.12. The van der Waals surface area contributed by atoms with Crippen LogP contribution in [0, 0.1) is 12.3 Å². The molecule has 1 amide bonds. The molecule has 1 atom stereocenters. The molecule has 0 spiro atoms. The highest BCUT2D eigenvalue weighted by molar-refractivity contribution is 8.00. The van der Waals surface area contributed by atoms with Gasteiger partial charge < -0.3 is 10.0 Å². The molecule has 1 aromatic carbocycles. The van der Waals surface area contributed by atoms with Gasteiger partial charge >= 0.3 is 5.97 Å². The molecule has 4 nitrogen and oxygen atoms in total. The molecule has 1 aromatic rings. The third-order valence-corrected chi connectivity index (χ3v) is 3.75. The first-order chi connectivity index (χ1) is 9.43. The second-order valence-electron chi connectivity index (χ2n) is 4.01. The molecule has 0 saturated carbocycles. The van der Waals surface area contributed by atoms with Crippen LogP contribution in [0.5, 0.6) is 0 Å². The molecule has 0 aliphatic rings. The van der Waals surface area contributed by atoms with Crippen LogP contribution in [0.2, 0.25) is 5.02 Å². The molecule has 20 heavy (non-hydrogen) atoms. The molecule has 1 unspecified atom stereocenters. The number of carbonyl (C=O) groups excluding carboxylic acids is 1. The zero-order valence-electron chi connectivity index (χ0n) is 10.9. The van der Waals surface area contributed by atoms with E-state index in [1.807, 2.05) is 0 Å². The van der Waals surface area contributed by atoms with Crippen LogP contribution in [-0.4, -0.2) is 40.2 Å². The monoisotopic (exact) mass is 311 g/mol. The summed E-state index contributed by atoms with van der Waals surface area (Å²) in [7, 11) is 0. The molecule has 6 heteroatoms. The quantitative estimate of drug-likeness (QED) is 0.647. The first kappa shape index (κ1) is 16.4. The fraction of sp³-hybridized carbons (Fsp3) is 0.286. The predicted octanol–water partition coefficient (Wildman–Crippen LogP) is 2.37. The van der Waals surface area contributed by atoms with Crippen LogP contribution in [0.4, 0.5) is 0 Å². The summed E-state index contributed by atoms with van der Waals surface area (Å²) in [5.41, 5.74) is 0. The molecule has 0 fully saturated rings. The number of carboxylic acid groups (broad SMARTS) is 1. The highest BCUT2D eigenvalue weighted by atomic mass is 35.5. The minimum atomic E-state index is -1.09. The Morgan fingerprint density at radius 2 is 2.05 bits per heavy atom. The van der Waals surface area contributed by atoms with Crippen LogP contribution in [0.3, 0.4) is 0 Å². The van der Waals surface area contributed by atoms with Gasteiger partial charge in [-0.05, 0) is 31.2 Å². The van der Waals surface area contributed by atoms with Gasteiger partial charge in [-0.25, -0.2) is 0 Å². The zero-order chi connectivity index (χ0) is 15.1. The Morgan fingerprint density at radius 3 is 2.55 bits per heavy atom. The van der Waals surface area contributed by atoms with E-state index in [9.17, 15) is 9.59 Å². The van der Waals surface area contributed by atoms with E-state index < -0.39 is 17.8 Å². The summed E-state index contributed by atoms with van der Waals surface area (Å²) < 4.78 is 0. The molecule has 0 bridgehead atoms. The van der Waals surface area contributed by atoms with Gasteiger partial charge in [-0.3, -0.25) is 9.59 Å². The lowest BCUT2D eigenvalue weighted by Crippen LogP contribution is -2.40. The first-order valence-corrected chi connectivity index (χ1v) is 7.06. The zero-order valence-corrected chi connectivity index (χ0v) is 12.4. The summed E-state index contributed by atoms with van der Waals surface area (Å²) in [4.78, 5) is 24.9. The van der Waals surface area contributed by atoms with Gasteiger partial charge in [-0.15, -0.1) is 18.2 Å². The van der Waals surface area contributed by atoms with E-state index in [0.717, 1.165) is 9.80 Å². The Balaban J connectivity index is 2.71. The highest BCUT2D eigenvalue weighted by Crippen LogP contribution is 2.25. The third-order valence-electron chi connectivity index (χ3n) is 2.39. The van der Waals surface area contributed by atoms with E-state index in [1.165, 1.54) is 11.8 Å². The first-order valence-electron chi connectivity index (χ1n) is 5.80. The lowest BCUT2D eigenvalue weighted by atomic mass is 10.3. The fourth-order valence-corrected chi connectivity index (χ4v) is 2.59. The highest BCUT2D eigenvalue weighted by Gasteiger charge is 2.22. The van der Waals surface area contributed by atoms with Gasteiger partial charge in [0, 0.05) is 9.92 Å². The summed E-state index contributed by atoms with van der Waals surface area (Å²) in [6.07, 6.45) is 5.15. The van der Waals surface area contributed by atoms with Crippen molar-refractivity contribution in [1.29, 1.82) is 0 Å². The van der Waals surface area contributed by atoms with Crippen molar-refractivity contribution in [3.8, 4) is 12.3 Å². The maximum absolute atomic E-state index is 12.2. The summed E-state index contributed by atoms with van der Waals surface area (Å²) in [6, 6.07) is 7.08. The largest absolute Gasteiger partial charge is 0.480 e. The van der Waals surface area contributed by atoms with Crippen LogP contribution in [0.25, 0.3) is 0 Å². The van der Waals surface area contributed by atoms with Gasteiger partial charge in [0.15, 0.2) is 0 Å². The summed E-state index contributed by atoms with van der Waals surface area (Å²) in [6.45, 7) is 1.30. The van der Waals surface area contributed by atoms with E-state index in [1.54, 1.807) is 31.2 Å². The lowest BCUT2D eigenvalue weighted by molar-refractivity contribution is -0.143. The van der Waals surface area contributed by atoms with Crippen molar-refractivity contribution in [2.24, 2.45) is 0 Å². The Kier molecular flexibility index (Phi) is 6.43. The Labute approximate surface area is 127 Å². The molecule has 0 radical (unpaired) electrons. The van der Waals surface area contributed by atoms with Gasteiger partial charge in [0.05, 0.1) is 11.8 Å². The predicted molar refractivity (Wildman–Crippen MR) is 79.8 cm³/mol. The number of carbonyl (C=O) groups is 2. The molecule has 106 valence electrons. The molecular formula is C14H14ClNO3S. The van der Waals surface area contributed by atoms with E-state index >= 15 is 0 Å². The minimum Gasteiger partial charge on any atom is -0.480 e. The van der Waals surface area contributed by atoms with Crippen molar-refractivity contribution in [3.05, 3.63) is 29.3 Å². The molecular weight excluding hydrogens is 298 g/mol. The fourth-order valence-electron chi connectivity index (χ4n) is 1.51. The summed E-state index contributed by atoms with van der Waals surface area (Å²) in [5.74, 6) is 0.909. The maximum Gasteiger partial charge on any atom is 0.323 e. The molecule has 0 aromatic heterocycles. The third kappa shape index (κ3) is 5.16. The van der Waals surface area contributed by atoms with Crippen LogP contribution < -0.4 is 0 Å². The van der Waals surface area contributed by atoms with Gasteiger partial charge in [-0.1, -0.05) is 17.5 Å². The number of amides is 1. The molecule has 0 saturated heterocycles. The molecule has 0 aliphatic carbocycles. The van der Waals surface area contributed by atoms with E-state index in [4.69, 9.17) is 23.1 Å². The number of benzene rings is 1. The van der Waals surface area contributed by atoms with Crippen molar-refractivity contribution in [1.82, 2.24) is 4.90 Å². The standard InChI is InChI=1S/C14H14ClNO3S/c1-3-8-16(9-13(17)18)14(19)10(2)20-12-6-4-11(15)5-7-12/h1,4-7,10H,8-9H2,2H3,(H,17,18). The number of nitrogens with zero attached hydrogens (tertiary/aromatic N) is 1. The smallest absolute Gasteiger partial charge is 0.323 e. The van der Waals surface area contributed by atoms with Crippen molar-refractivity contribution >= 4 is 35.2 Å². The van der Waals surface area contributed by atoms with E-state index in [0.29, 0.717) is 5.02 Å². The topological polar surface area (TPSA) is 57.6 Å². The van der Waals surface area contributed by atoms with Gasteiger partial charge in [-0.2, -0.15) is 0 Å². The lowest BCUT2D eigenvalue weighted by Gasteiger charge is -2.21. The van der Waals surface area contributed by atoms with E-state index in [-0.39, 0.29) is 12.5 Å². The number of hydrogen-bond donors (Lipinski definition) is 1. The molecule has 0 heterocycles. The molecule has 1 N–H and O–H groups in total. The maximum atomic E-state index is 12.2. The van der Waals surface area contributed by atoms with Crippen molar-refractivity contribution < 1.29 is 14.7 Å². The van der Waals surface area contributed by atoms with Crippen LogP contribution in [-0.2, 0) is 9.59 Å². The van der Waals surface area contributed by atoms with Crippen LogP contribution in [0.15, 0.2) is 29.2 Å². The number of terminal acetylenes is 1. The number of hydrogen-bond acceptors (Lipinski definition) is 3. The number of thioether (sulfide) groups is 1. The van der Waals surface area contributed by atoms with Crippen molar-refractivity contribution in [2.75, 3.05) is 13.1 Å². The second-order valence-corrected chi connectivity index (χ2v) is 5.86. The number of rotatable bonds is 6. The Bertz CT molecular complexity index is 524. The minimum absolute atomic E-state index is 0.0172. The average molecular weight is 312 g/mol. The molecule has 1 rings (SSSR count). The van der Waals surface area contributed by atoms with E-state index in [2.05, 4.69) is 5.92 Å². The molecule has 0 aliphatic heterocycles. The van der Waals surface area contributed by atoms with Crippen molar-refractivity contribution in [2.45, 2.75) is 17.1 Å². The van der Waals surface area contributed by atoms with Crippen LogP contribution >= 0.6 is 23.4 Å². The van der Waals surface area contributed by atoms with Crippen molar-refractivity contribution in [3.63, 3.8) is 0 Å². The van der Waals surface area contributed by atoms with Gasteiger partial charge in [0.1, 0.15) is 6.54 Å². The normalized spacial score (nSPS) is 11.4. The number of aliphatic carboxylic acids is 1. The summed E-state index contributed by atoms with van der Waals surface area (Å²) in [5, 5.41) is 8.97. The Hall–Kier alpha value is -1.64. The second kappa shape index (κ2) is 7.83. The SMILES string of the molecule is C#CCN(CC(=O)O)C(=O)C(C)Sc1ccc(Cl)cc1. The number of halogens is 1. The van der Waals surface area contributed by atoms with Gasteiger partial charge in [0.2, 0.25) is 5.91 Å². The number of carboxylic acids is 1. The Morgan fingerprint density at radius 1 is 1.45 bits per heavy atom. The average Bonchev–Trinajstić information content (AvgIpc) is 2.39. The van der Waals surface area contributed by atoms with Crippen LogP contribution in [0.1, 0.15) is 6.92 Å².